The largest absolute Gasteiger partial charge is 0.345 e. The fourth-order valence-corrected chi connectivity index (χ4v) is 3.56. The minimum Gasteiger partial charge on any atom is -0.345 e. The molecule has 2 amide bonds. The summed E-state index contributed by atoms with van der Waals surface area (Å²) in [5.74, 6) is -3.74. The number of halogens is 2. The van der Waals surface area contributed by atoms with Crippen molar-refractivity contribution in [2.24, 2.45) is 5.41 Å². The number of alkyl halides is 2. The molecular weight excluding hydrogens is 304 g/mol. The molecule has 2 aliphatic rings. The van der Waals surface area contributed by atoms with Gasteiger partial charge in [0.15, 0.2) is 0 Å². The van der Waals surface area contributed by atoms with Crippen LogP contribution in [-0.4, -0.2) is 59.2 Å². The molecule has 5 nitrogen and oxygen atoms in total. The van der Waals surface area contributed by atoms with Gasteiger partial charge in [0.25, 0.3) is 5.92 Å². The molecule has 2 aliphatic heterocycles. The van der Waals surface area contributed by atoms with Crippen LogP contribution < -0.4 is 0 Å². The van der Waals surface area contributed by atoms with E-state index in [1.54, 1.807) is 31.4 Å². The summed E-state index contributed by atoms with van der Waals surface area (Å²) < 4.78 is 28.3. The Morgan fingerprint density at radius 2 is 2.13 bits per heavy atom. The van der Waals surface area contributed by atoms with Crippen LogP contribution in [0.2, 0.25) is 0 Å². The van der Waals surface area contributed by atoms with Crippen LogP contribution in [0.1, 0.15) is 18.5 Å². The Kier molecular flexibility index (Phi) is 3.82. The molecule has 7 heteroatoms. The Labute approximate surface area is 133 Å². The van der Waals surface area contributed by atoms with Gasteiger partial charge in [0.1, 0.15) is 0 Å². The molecule has 124 valence electrons. The zero-order valence-electron chi connectivity index (χ0n) is 13.0. The van der Waals surface area contributed by atoms with Crippen molar-refractivity contribution in [3.63, 3.8) is 0 Å². The van der Waals surface area contributed by atoms with E-state index in [-0.39, 0.29) is 18.9 Å². The predicted molar refractivity (Wildman–Crippen MR) is 78.8 cm³/mol. The number of hydrogen-bond acceptors (Lipinski definition) is 3. The summed E-state index contributed by atoms with van der Waals surface area (Å²) in [6.45, 7) is -0.105. The van der Waals surface area contributed by atoms with Gasteiger partial charge in [-0.15, -0.1) is 0 Å². The molecule has 0 saturated carbocycles. The molecule has 3 rings (SSSR count). The molecule has 1 aromatic heterocycles. The summed E-state index contributed by atoms with van der Waals surface area (Å²) in [6, 6.07) is 5.16. The first-order chi connectivity index (χ1) is 10.8. The third-order valence-corrected chi connectivity index (χ3v) is 4.65. The van der Waals surface area contributed by atoms with Crippen molar-refractivity contribution >= 4 is 11.8 Å². The fourth-order valence-electron chi connectivity index (χ4n) is 3.56. The summed E-state index contributed by atoms with van der Waals surface area (Å²) in [5, 5.41) is 0. The van der Waals surface area contributed by atoms with E-state index in [1.807, 2.05) is 0 Å². The SMILES string of the molecule is CN1CCC2(CN(C(=O)Cc3ccccn3)CC(F)(F)C2)C1=O. The Balaban J connectivity index is 1.79. The number of carbonyl (C=O) groups is 2. The minimum atomic E-state index is -3.04. The number of aromatic nitrogens is 1. The second kappa shape index (κ2) is 5.54. The van der Waals surface area contributed by atoms with E-state index in [4.69, 9.17) is 0 Å². The van der Waals surface area contributed by atoms with Gasteiger partial charge in [-0.1, -0.05) is 6.07 Å². The highest BCUT2D eigenvalue weighted by Gasteiger charge is 2.56. The normalized spacial score (nSPS) is 26.8. The van der Waals surface area contributed by atoms with E-state index in [0.29, 0.717) is 18.7 Å². The number of rotatable bonds is 2. The standard InChI is InChI=1S/C16H19F2N3O2/c1-20-7-5-15(14(20)23)9-16(17,18)11-21(10-15)13(22)8-12-4-2-3-6-19-12/h2-4,6H,5,7-11H2,1H3. The first-order valence-electron chi connectivity index (χ1n) is 7.62. The second-order valence-corrected chi connectivity index (χ2v) is 6.54. The zero-order chi connectivity index (χ0) is 16.7. The lowest BCUT2D eigenvalue weighted by Crippen LogP contribution is -2.57. The maximum absolute atomic E-state index is 14.2. The molecule has 0 aliphatic carbocycles. The highest BCUT2D eigenvalue weighted by Crippen LogP contribution is 2.45. The van der Waals surface area contributed by atoms with Crippen LogP contribution in [-0.2, 0) is 16.0 Å². The van der Waals surface area contributed by atoms with Crippen molar-refractivity contribution in [1.82, 2.24) is 14.8 Å². The van der Waals surface area contributed by atoms with Crippen molar-refractivity contribution < 1.29 is 18.4 Å². The lowest BCUT2D eigenvalue weighted by molar-refractivity contribution is -0.162. The molecule has 0 aromatic carbocycles. The molecule has 2 fully saturated rings. The van der Waals surface area contributed by atoms with Crippen LogP contribution in [0.15, 0.2) is 24.4 Å². The summed E-state index contributed by atoms with van der Waals surface area (Å²) in [5.41, 5.74) is -0.605. The van der Waals surface area contributed by atoms with Crippen LogP contribution in [0.5, 0.6) is 0 Å². The van der Waals surface area contributed by atoms with Gasteiger partial charge >= 0.3 is 0 Å². The van der Waals surface area contributed by atoms with Crippen LogP contribution >= 0.6 is 0 Å². The van der Waals surface area contributed by atoms with Crippen LogP contribution in [0, 0.1) is 5.41 Å². The van der Waals surface area contributed by atoms with Gasteiger partial charge in [0.2, 0.25) is 11.8 Å². The average molecular weight is 323 g/mol. The third kappa shape index (κ3) is 3.04. The zero-order valence-corrected chi connectivity index (χ0v) is 13.0. The number of hydrogen-bond donors (Lipinski definition) is 0. The van der Waals surface area contributed by atoms with E-state index in [9.17, 15) is 18.4 Å². The van der Waals surface area contributed by atoms with Crippen molar-refractivity contribution in [3.05, 3.63) is 30.1 Å². The van der Waals surface area contributed by atoms with Gasteiger partial charge in [0, 0.05) is 38.4 Å². The molecule has 0 N–H and O–H groups in total. The van der Waals surface area contributed by atoms with Gasteiger partial charge in [-0.3, -0.25) is 14.6 Å². The molecular formula is C16H19F2N3O2. The van der Waals surface area contributed by atoms with E-state index < -0.39 is 30.2 Å². The second-order valence-electron chi connectivity index (χ2n) is 6.54. The number of amides is 2. The fraction of sp³-hybridized carbons (Fsp3) is 0.562. The van der Waals surface area contributed by atoms with E-state index in [0.717, 1.165) is 4.90 Å². The number of carbonyl (C=O) groups excluding carboxylic acids is 2. The molecule has 1 atom stereocenters. The van der Waals surface area contributed by atoms with Crippen LogP contribution in [0.25, 0.3) is 0 Å². The van der Waals surface area contributed by atoms with Crippen molar-refractivity contribution in [2.75, 3.05) is 26.7 Å². The Morgan fingerprint density at radius 3 is 2.74 bits per heavy atom. The maximum atomic E-state index is 14.2. The Morgan fingerprint density at radius 1 is 1.35 bits per heavy atom. The minimum absolute atomic E-state index is 0.0307. The van der Waals surface area contributed by atoms with Gasteiger partial charge in [-0.2, -0.15) is 0 Å². The molecule has 23 heavy (non-hydrogen) atoms. The maximum Gasteiger partial charge on any atom is 0.266 e. The molecule has 0 radical (unpaired) electrons. The van der Waals surface area contributed by atoms with Crippen molar-refractivity contribution in [3.8, 4) is 0 Å². The summed E-state index contributed by atoms with van der Waals surface area (Å²) >= 11 is 0. The smallest absolute Gasteiger partial charge is 0.266 e. The highest BCUT2D eigenvalue weighted by atomic mass is 19.3. The first kappa shape index (κ1) is 15.8. The molecule has 2 saturated heterocycles. The number of piperidine rings is 1. The van der Waals surface area contributed by atoms with Gasteiger partial charge in [0.05, 0.1) is 18.4 Å². The third-order valence-electron chi connectivity index (χ3n) is 4.65. The monoisotopic (exact) mass is 323 g/mol. The summed E-state index contributed by atoms with van der Waals surface area (Å²) in [4.78, 5) is 31.4. The molecule has 1 unspecified atom stereocenters. The van der Waals surface area contributed by atoms with Crippen molar-refractivity contribution in [2.45, 2.75) is 25.2 Å². The van der Waals surface area contributed by atoms with Gasteiger partial charge in [-0.05, 0) is 18.6 Å². The van der Waals surface area contributed by atoms with E-state index in [2.05, 4.69) is 4.98 Å². The van der Waals surface area contributed by atoms with Crippen LogP contribution in [0.4, 0.5) is 8.78 Å². The first-order valence-corrected chi connectivity index (χ1v) is 7.62. The van der Waals surface area contributed by atoms with Gasteiger partial charge in [-0.25, -0.2) is 8.78 Å². The lowest BCUT2D eigenvalue weighted by atomic mass is 9.77. The number of pyridine rings is 1. The summed E-state index contributed by atoms with van der Waals surface area (Å²) in [6.07, 6.45) is 1.42. The van der Waals surface area contributed by atoms with Gasteiger partial charge < -0.3 is 9.80 Å². The summed E-state index contributed by atoms with van der Waals surface area (Å²) in [7, 11) is 1.61. The number of likely N-dealkylation sites (tertiary alicyclic amines) is 2. The van der Waals surface area contributed by atoms with E-state index in [1.165, 1.54) is 4.90 Å². The Bertz CT molecular complexity index is 623. The predicted octanol–water partition coefficient (Wildman–Crippen LogP) is 1.34. The average Bonchev–Trinajstić information content (AvgIpc) is 2.75. The quantitative estimate of drug-likeness (QED) is 0.825. The molecule has 3 heterocycles. The molecule has 1 aromatic rings. The lowest BCUT2D eigenvalue weighted by Gasteiger charge is -2.42. The molecule has 0 bridgehead atoms. The number of nitrogens with zero attached hydrogens (tertiary/aromatic N) is 3. The van der Waals surface area contributed by atoms with Crippen molar-refractivity contribution in [1.29, 1.82) is 0 Å². The Hall–Kier alpha value is -2.05. The highest BCUT2D eigenvalue weighted by molar-refractivity contribution is 5.86. The topological polar surface area (TPSA) is 53.5 Å². The molecule has 1 spiro atoms. The van der Waals surface area contributed by atoms with E-state index >= 15 is 0 Å². The van der Waals surface area contributed by atoms with Crippen LogP contribution in [0.3, 0.4) is 0 Å².